The number of halogens is 2. The number of carbonyl (C=O) groups excluding carboxylic acids is 1. The number of carbonyl (C=O) groups is 1. The third-order valence-corrected chi connectivity index (χ3v) is 2.20. The maximum absolute atomic E-state index is 10.9. The van der Waals surface area contributed by atoms with Gasteiger partial charge in [0.2, 0.25) is 0 Å². The molecule has 0 heterocycles. The van der Waals surface area contributed by atoms with Crippen LogP contribution in [0.3, 0.4) is 0 Å². The second-order valence-corrected chi connectivity index (χ2v) is 3.40. The molecule has 82 valence electrons. The van der Waals surface area contributed by atoms with Crippen LogP contribution in [0.25, 0.3) is 0 Å². The lowest BCUT2D eigenvalue weighted by Crippen LogP contribution is -2.10. The summed E-state index contributed by atoms with van der Waals surface area (Å²) in [6.45, 7) is 0. The number of anilines is 1. The van der Waals surface area contributed by atoms with Gasteiger partial charge in [0.05, 0.1) is 24.3 Å². The molecule has 0 atom stereocenters. The van der Waals surface area contributed by atoms with Gasteiger partial charge < -0.3 is 9.47 Å². The van der Waals surface area contributed by atoms with E-state index in [-0.39, 0.29) is 0 Å². The molecule has 0 aliphatic rings. The summed E-state index contributed by atoms with van der Waals surface area (Å²) in [7, 11) is 2.72. The van der Waals surface area contributed by atoms with Gasteiger partial charge in [-0.25, -0.2) is 4.79 Å². The fourth-order valence-electron chi connectivity index (χ4n) is 0.996. The van der Waals surface area contributed by atoms with Crippen molar-refractivity contribution >= 4 is 35.0 Å². The predicted molar refractivity (Wildman–Crippen MR) is 59.0 cm³/mol. The van der Waals surface area contributed by atoms with Gasteiger partial charge in [0.25, 0.3) is 0 Å². The summed E-state index contributed by atoms with van der Waals surface area (Å²) < 4.78 is 9.38. The zero-order chi connectivity index (χ0) is 11.4. The SMILES string of the molecule is COC(=O)Nc1cc(Cl)c(OC)c(Cl)c1. The van der Waals surface area contributed by atoms with Crippen LogP contribution in [-0.4, -0.2) is 20.3 Å². The van der Waals surface area contributed by atoms with E-state index in [9.17, 15) is 4.79 Å². The smallest absolute Gasteiger partial charge is 0.411 e. The highest BCUT2D eigenvalue weighted by molar-refractivity contribution is 6.37. The lowest BCUT2D eigenvalue weighted by molar-refractivity contribution is 0.187. The fourth-order valence-corrected chi connectivity index (χ4v) is 1.64. The van der Waals surface area contributed by atoms with Crippen molar-refractivity contribution in [2.45, 2.75) is 0 Å². The highest BCUT2D eigenvalue weighted by atomic mass is 35.5. The number of ether oxygens (including phenoxy) is 2. The molecular weight excluding hydrogens is 241 g/mol. The molecule has 1 amide bonds. The summed E-state index contributed by atoms with van der Waals surface area (Å²) >= 11 is 11.7. The average Bonchev–Trinajstić information content (AvgIpc) is 2.17. The third-order valence-electron chi connectivity index (χ3n) is 1.63. The number of amides is 1. The molecular formula is C9H9Cl2NO3. The Labute approximate surface area is 97.1 Å². The first-order valence-corrected chi connectivity index (χ1v) is 4.72. The zero-order valence-corrected chi connectivity index (χ0v) is 9.65. The molecule has 6 heteroatoms. The van der Waals surface area contributed by atoms with Gasteiger partial charge >= 0.3 is 6.09 Å². The van der Waals surface area contributed by atoms with Gasteiger partial charge in [0.1, 0.15) is 0 Å². The van der Waals surface area contributed by atoms with Crippen molar-refractivity contribution in [3.05, 3.63) is 22.2 Å². The van der Waals surface area contributed by atoms with Crippen LogP contribution in [0, 0.1) is 0 Å². The lowest BCUT2D eigenvalue weighted by atomic mass is 10.3. The molecule has 1 rings (SSSR count). The maximum Gasteiger partial charge on any atom is 0.411 e. The predicted octanol–water partition coefficient (Wildman–Crippen LogP) is 3.18. The second-order valence-electron chi connectivity index (χ2n) is 2.59. The Morgan fingerprint density at radius 2 is 1.80 bits per heavy atom. The molecule has 1 aromatic rings. The summed E-state index contributed by atoms with van der Waals surface area (Å²) in [5.74, 6) is 0.369. The molecule has 0 aliphatic carbocycles. The molecule has 4 nitrogen and oxygen atoms in total. The summed E-state index contributed by atoms with van der Waals surface area (Å²) in [5.41, 5.74) is 0.442. The van der Waals surface area contributed by atoms with Crippen LogP contribution in [0.4, 0.5) is 10.5 Å². The minimum absolute atomic E-state index is 0.316. The molecule has 0 aliphatic heterocycles. The van der Waals surface area contributed by atoms with Crippen molar-refractivity contribution in [3.8, 4) is 5.75 Å². The highest BCUT2D eigenvalue weighted by Crippen LogP contribution is 2.35. The highest BCUT2D eigenvalue weighted by Gasteiger charge is 2.10. The molecule has 0 fully saturated rings. The van der Waals surface area contributed by atoms with Crippen LogP contribution in [0.2, 0.25) is 10.0 Å². The average molecular weight is 250 g/mol. The van der Waals surface area contributed by atoms with E-state index in [1.165, 1.54) is 26.4 Å². The van der Waals surface area contributed by atoms with Crippen molar-refractivity contribution < 1.29 is 14.3 Å². The first-order valence-electron chi connectivity index (χ1n) is 3.96. The lowest BCUT2D eigenvalue weighted by Gasteiger charge is -2.09. The molecule has 0 unspecified atom stereocenters. The molecule has 0 spiro atoms. The number of nitrogens with one attached hydrogen (secondary N) is 1. The Bertz CT molecular complexity index is 359. The molecule has 0 radical (unpaired) electrons. The van der Waals surface area contributed by atoms with E-state index in [4.69, 9.17) is 27.9 Å². The van der Waals surface area contributed by atoms with E-state index in [1.807, 2.05) is 0 Å². The van der Waals surface area contributed by atoms with Crippen LogP contribution in [0.5, 0.6) is 5.75 Å². The largest absolute Gasteiger partial charge is 0.494 e. The summed E-state index contributed by atoms with van der Waals surface area (Å²) in [6.07, 6.45) is -0.590. The third kappa shape index (κ3) is 2.91. The standard InChI is InChI=1S/C9H9Cl2NO3/c1-14-8-6(10)3-5(4-7(8)11)12-9(13)15-2/h3-4H,1-2H3,(H,12,13). The van der Waals surface area contributed by atoms with Crippen LogP contribution >= 0.6 is 23.2 Å². The van der Waals surface area contributed by atoms with Crippen molar-refractivity contribution in [2.75, 3.05) is 19.5 Å². The van der Waals surface area contributed by atoms with Crippen LogP contribution in [0.15, 0.2) is 12.1 Å². The summed E-state index contributed by atoms with van der Waals surface area (Å²) in [4.78, 5) is 10.9. The minimum atomic E-state index is -0.590. The Morgan fingerprint density at radius 1 is 1.27 bits per heavy atom. The quantitative estimate of drug-likeness (QED) is 0.876. The van der Waals surface area contributed by atoms with Crippen molar-refractivity contribution in [1.29, 1.82) is 0 Å². The number of hydrogen-bond acceptors (Lipinski definition) is 3. The van der Waals surface area contributed by atoms with Crippen molar-refractivity contribution in [2.24, 2.45) is 0 Å². The molecule has 1 aromatic carbocycles. The van der Waals surface area contributed by atoms with E-state index < -0.39 is 6.09 Å². The molecule has 0 aromatic heterocycles. The second kappa shape index (κ2) is 5.09. The minimum Gasteiger partial charge on any atom is -0.494 e. The Hall–Kier alpha value is -1.13. The number of hydrogen-bond donors (Lipinski definition) is 1. The summed E-state index contributed by atoms with van der Waals surface area (Å²) in [6, 6.07) is 3.03. The zero-order valence-electron chi connectivity index (χ0n) is 8.14. The van der Waals surface area contributed by atoms with Gasteiger partial charge in [-0.1, -0.05) is 23.2 Å². The Morgan fingerprint density at radius 3 is 2.20 bits per heavy atom. The van der Waals surface area contributed by atoms with E-state index in [0.29, 0.717) is 21.5 Å². The van der Waals surface area contributed by atoms with E-state index in [1.54, 1.807) is 0 Å². The number of benzene rings is 1. The fraction of sp³-hybridized carbons (Fsp3) is 0.222. The van der Waals surface area contributed by atoms with Gasteiger partial charge in [-0.05, 0) is 12.1 Å². The number of methoxy groups -OCH3 is 2. The van der Waals surface area contributed by atoms with Crippen molar-refractivity contribution in [1.82, 2.24) is 0 Å². The van der Waals surface area contributed by atoms with E-state index in [2.05, 4.69) is 10.1 Å². The molecule has 0 saturated heterocycles. The Kier molecular flexibility index (Phi) is 4.05. The molecule has 1 N–H and O–H groups in total. The molecule has 0 bridgehead atoms. The molecule has 0 saturated carbocycles. The van der Waals surface area contributed by atoms with Crippen LogP contribution in [-0.2, 0) is 4.74 Å². The normalized spacial score (nSPS) is 9.60. The van der Waals surface area contributed by atoms with Gasteiger partial charge in [0, 0.05) is 5.69 Å². The van der Waals surface area contributed by atoms with Gasteiger partial charge in [-0.2, -0.15) is 0 Å². The topological polar surface area (TPSA) is 47.6 Å². The summed E-state index contributed by atoms with van der Waals surface area (Å²) in [5, 5.41) is 3.07. The van der Waals surface area contributed by atoms with Crippen LogP contribution < -0.4 is 10.1 Å². The van der Waals surface area contributed by atoms with Gasteiger partial charge in [0.15, 0.2) is 5.75 Å². The van der Waals surface area contributed by atoms with E-state index in [0.717, 1.165) is 0 Å². The van der Waals surface area contributed by atoms with Gasteiger partial charge in [-0.3, -0.25) is 5.32 Å². The van der Waals surface area contributed by atoms with E-state index >= 15 is 0 Å². The van der Waals surface area contributed by atoms with Crippen molar-refractivity contribution in [3.63, 3.8) is 0 Å². The van der Waals surface area contributed by atoms with Gasteiger partial charge in [-0.15, -0.1) is 0 Å². The Balaban J connectivity index is 2.98. The van der Waals surface area contributed by atoms with Crippen LogP contribution in [0.1, 0.15) is 0 Å². The first-order chi connectivity index (χ1) is 7.08. The maximum atomic E-state index is 10.9. The number of rotatable bonds is 2. The monoisotopic (exact) mass is 249 g/mol. The first kappa shape index (κ1) is 11.9. The molecule has 15 heavy (non-hydrogen) atoms.